The number of nitriles is 1. The molecule has 1 aliphatic heterocycles. The molecule has 1 aromatic rings. The third-order valence-electron chi connectivity index (χ3n) is 4.06. The average Bonchev–Trinajstić information content (AvgIpc) is 2.43. The van der Waals surface area contributed by atoms with E-state index >= 15 is 0 Å². The van der Waals surface area contributed by atoms with Crippen LogP contribution in [0.5, 0.6) is 0 Å². The largest absolute Gasteiger partial charge is 0.330 e. The Balaban J connectivity index is 2.04. The summed E-state index contributed by atoms with van der Waals surface area (Å²) in [4.78, 5) is 2.34. The maximum Gasteiger partial charge on any atom is 0.140 e. The van der Waals surface area contributed by atoms with Crippen molar-refractivity contribution in [3.63, 3.8) is 0 Å². The molecule has 0 bridgehead atoms. The number of nitrogens with two attached hydrogens (primary N) is 1. The van der Waals surface area contributed by atoms with Gasteiger partial charge in [0, 0.05) is 13.1 Å². The Morgan fingerprint density at radius 3 is 3.00 bits per heavy atom. The molecular weight excluding hydrogens is 241 g/mol. The molecule has 1 aromatic carbocycles. The Bertz CT molecular complexity index is 481. The highest BCUT2D eigenvalue weighted by Gasteiger charge is 2.25. The molecule has 0 aliphatic carbocycles. The maximum atomic E-state index is 13.3. The minimum Gasteiger partial charge on any atom is -0.330 e. The Morgan fingerprint density at radius 1 is 1.53 bits per heavy atom. The summed E-state index contributed by atoms with van der Waals surface area (Å²) in [5.74, 6) is 0.757. The lowest BCUT2D eigenvalue weighted by molar-refractivity contribution is 0.126. The zero-order valence-electron chi connectivity index (χ0n) is 11.3. The molecule has 2 rings (SSSR count). The van der Waals surface area contributed by atoms with Crippen molar-refractivity contribution in [3.05, 3.63) is 35.1 Å². The molecule has 102 valence electrons. The van der Waals surface area contributed by atoms with Gasteiger partial charge >= 0.3 is 0 Å². The number of benzene rings is 1. The molecule has 19 heavy (non-hydrogen) atoms. The lowest BCUT2D eigenvalue weighted by atomic mass is 9.87. The molecule has 1 fully saturated rings. The molecule has 2 atom stereocenters. The van der Waals surface area contributed by atoms with Crippen molar-refractivity contribution in [1.29, 1.82) is 5.26 Å². The fourth-order valence-corrected chi connectivity index (χ4v) is 2.69. The van der Waals surface area contributed by atoms with Crippen LogP contribution >= 0.6 is 0 Å². The van der Waals surface area contributed by atoms with E-state index in [-0.39, 0.29) is 5.56 Å². The molecule has 2 unspecified atom stereocenters. The van der Waals surface area contributed by atoms with Crippen LogP contribution in [0.1, 0.15) is 24.5 Å². The van der Waals surface area contributed by atoms with Crippen LogP contribution < -0.4 is 5.73 Å². The first-order valence-corrected chi connectivity index (χ1v) is 6.75. The SMILES string of the molecule is CC1CCN(Cc2ccc(F)c(C#N)c2)CC1CN. The topological polar surface area (TPSA) is 53.0 Å². The number of likely N-dealkylation sites (tertiary alicyclic amines) is 1. The molecule has 4 heteroatoms. The van der Waals surface area contributed by atoms with Gasteiger partial charge < -0.3 is 5.73 Å². The number of hydrogen-bond acceptors (Lipinski definition) is 3. The molecule has 0 spiro atoms. The zero-order chi connectivity index (χ0) is 13.8. The smallest absolute Gasteiger partial charge is 0.140 e. The van der Waals surface area contributed by atoms with Crippen molar-refractivity contribution in [2.75, 3.05) is 19.6 Å². The van der Waals surface area contributed by atoms with E-state index in [0.29, 0.717) is 18.4 Å². The van der Waals surface area contributed by atoms with Crippen LogP contribution in [0.3, 0.4) is 0 Å². The van der Waals surface area contributed by atoms with Crippen molar-refractivity contribution < 1.29 is 4.39 Å². The second-order valence-corrected chi connectivity index (χ2v) is 5.42. The highest BCUT2D eigenvalue weighted by atomic mass is 19.1. The monoisotopic (exact) mass is 261 g/mol. The normalized spacial score (nSPS) is 24.1. The van der Waals surface area contributed by atoms with E-state index in [2.05, 4.69) is 11.8 Å². The van der Waals surface area contributed by atoms with Gasteiger partial charge in [-0.25, -0.2) is 4.39 Å². The second kappa shape index (κ2) is 6.14. The van der Waals surface area contributed by atoms with Crippen LogP contribution in [0.25, 0.3) is 0 Å². The zero-order valence-corrected chi connectivity index (χ0v) is 11.3. The first kappa shape index (κ1) is 14.0. The van der Waals surface area contributed by atoms with E-state index in [9.17, 15) is 4.39 Å². The quantitative estimate of drug-likeness (QED) is 0.906. The molecule has 1 heterocycles. The lowest BCUT2D eigenvalue weighted by Gasteiger charge is -2.36. The predicted molar refractivity (Wildman–Crippen MR) is 72.7 cm³/mol. The van der Waals surface area contributed by atoms with Crippen LogP contribution in [0.15, 0.2) is 18.2 Å². The van der Waals surface area contributed by atoms with Gasteiger partial charge in [0.15, 0.2) is 0 Å². The van der Waals surface area contributed by atoms with Gasteiger partial charge in [-0.05, 0) is 49.0 Å². The fourth-order valence-electron chi connectivity index (χ4n) is 2.69. The highest BCUT2D eigenvalue weighted by molar-refractivity contribution is 5.34. The summed E-state index contributed by atoms with van der Waals surface area (Å²) in [6, 6.07) is 6.66. The van der Waals surface area contributed by atoms with Gasteiger partial charge in [0.05, 0.1) is 5.56 Å². The highest BCUT2D eigenvalue weighted by Crippen LogP contribution is 2.23. The lowest BCUT2D eigenvalue weighted by Crippen LogP contribution is -2.42. The molecule has 0 radical (unpaired) electrons. The first-order valence-electron chi connectivity index (χ1n) is 6.75. The third kappa shape index (κ3) is 3.31. The van der Waals surface area contributed by atoms with Crippen LogP contribution in [-0.4, -0.2) is 24.5 Å². The van der Waals surface area contributed by atoms with Gasteiger partial charge in [-0.1, -0.05) is 13.0 Å². The van der Waals surface area contributed by atoms with E-state index in [1.165, 1.54) is 6.07 Å². The second-order valence-electron chi connectivity index (χ2n) is 5.42. The van der Waals surface area contributed by atoms with E-state index in [1.807, 2.05) is 6.07 Å². The van der Waals surface area contributed by atoms with Gasteiger partial charge in [-0.2, -0.15) is 5.26 Å². The number of halogens is 1. The standard InChI is InChI=1S/C15H20FN3/c1-11-4-5-19(10-14(11)8-18)9-12-2-3-15(16)13(6-12)7-17/h2-3,6,11,14H,4-5,8-10,18H2,1H3. The Kier molecular flexibility index (Phi) is 4.52. The number of hydrogen-bond donors (Lipinski definition) is 1. The molecular formula is C15H20FN3. The average molecular weight is 261 g/mol. The van der Waals surface area contributed by atoms with Crippen LogP contribution in [0.2, 0.25) is 0 Å². The van der Waals surface area contributed by atoms with Crippen molar-refractivity contribution >= 4 is 0 Å². The Hall–Kier alpha value is -1.44. The summed E-state index contributed by atoms with van der Waals surface area (Å²) in [6.45, 7) is 5.75. The van der Waals surface area contributed by atoms with E-state index < -0.39 is 5.82 Å². The molecule has 2 N–H and O–H groups in total. The molecule has 1 aliphatic rings. The van der Waals surface area contributed by atoms with Gasteiger partial charge in [0.1, 0.15) is 11.9 Å². The summed E-state index contributed by atoms with van der Waals surface area (Å²) >= 11 is 0. The van der Waals surface area contributed by atoms with Crippen molar-refractivity contribution in [2.24, 2.45) is 17.6 Å². The van der Waals surface area contributed by atoms with E-state index in [4.69, 9.17) is 11.0 Å². The van der Waals surface area contributed by atoms with Gasteiger partial charge in [-0.3, -0.25) is 4.90 Å². The molecule has 0 saturated carbocycles. The summed E-state index contributed by atoms with van der Waals surface area (Å²) in [5.41, 5.74) is 6.91. The number of nitrogens with zero attached hydrogens (tertiary/aromatic N) is 2. The van der Waals surface area contributed by atoms with E-state index in [0.717, 1.165) is 31.6 Å². The summed E-state index contributed by atoms with van der Waals surface area (Å²) < 4.78 is 13.3. The van der Waals surface area contributed by atoms with Crippen molar-refractivity contribution in [3.8, 4) is 6.07 Å². The maximum absolute atomic E-state index is 13.3. The van der Waals surface area contributed by atoms with Crippen molar-refractivity contribution in [2.45, 2.75) is 19.9 Å². The molecule has 0 amide bonds. The summed E-state index contributed by atoms with van der Waals surface area (Å²) in [7, 11) is 0. The molecule has 1 saturated heterocycles. The van der Waals surface area contributed by atoms with Gasteiger partial charge in [0.2, 0.25) is 0 Å². The van der Waals surface area contributed by atoms with E-state index in [1.54, 1.807) is 12.1 Å². The van der Waals surface area contributed by atoms with Crippen LogP contribution in [-0.2, 0) is 6.54 Å². The number of rotatable bonds is 3. The van der Waals surface area contributed by atoms with Gasteiger partial charge in [-0.15, -0.1) is 0 Å². The fraction of sp³-hybridized carbons (Fsp3) is 0.533. The molecule has 0 aromatic heterocycles. The molecule has 3 nitrogen and oxygen atoms in total. The van der Waals surface area contributed by atoms with Gasteiger partial charge in [0.25, 0.3) is 0 Å². The summed E-state index contributed by atoms with van der Waals surface area (Å²) in [5, 5.41) is 8.84. The predicted octanol–water partition coefficient (Wildman–Crippen LogP) is 2.11. The first-order chi connectivity index (χ1) is 9.13. The minimum absolute atomic E-state index is 0.123. The van der Waals surface area contributed by atoms with Crippen LogP contribution in [0.4, 0.5) is 4.39 Å². The Morgan fingerprint density at radius 2 is 2.32 bits per heavy atom. The Labute approximate surface area is 113 Å². The number of piperidine rings is 1. The third-order valence-corrected chi connectivity index (χ3v) is 4.06. The van der Waals surface area contributed by atoms with Crippen LogP contribution in [0, 0.1) is 29.0 Å². The summed E-state index contributed by atoms with van der Waals surface area (Å²) in [6.07, 6.45) is 1.15. The minimum atomic E-state index is -0.446. The van der Waals surface area contributed by atoms with Crippen molar-refractivity contribution in [1.82, 2.24) is 4.90 Å².